The summed E-state index contributed by atoms with van der Waals surface area (Å²) in [5.41, 5.74) is 1.93. The Bertz CT molecular complexity index is 587. The second-order valence-electron chi connectivity index (χ2n) is 3.37. The molecule has 0 aromatic carbocycles. The zero-order valence-corrected chi connectivity index (χ0v) is 9.07. The van der Waals surface area contributed by atoms with Gasteiger partial charge in [0.25, 0.3) is 0 Å². The molecule has 0 unspecified atom stereocenters. The molecule has 0 bridgehead atoms. The van der Waals surface area contributed by atoms with E-state index >= 15 is 0 Å². The van der Waals surface area contributed by atoms with Gasteiger partial charge in [0.05, 0.1) is 17.4 Å². The zero-order chi connectivity index (χ0) is 13.1. The van der Waals surface area contributed by atoms with Crippen molar-refractivity contribution >= 4 is 11.7 Å². The Morgan fingerprint density at radius 2 is 2.33 bits per heavy atom. The van der Waals surface area contributed by atoms with Crippen molar-refractivity contribution in [3.8, 4) is 0 Å². The smallest absolute Gasteiger partial charge is 0.389 e. The number of carbonyl (C=O) groups is 1. The molecule has 2 aromatic heterocycles. The molecule has 2 heterocycles. The second kappa shape index (κ2) is 4.67. The molecule has 0 saturated carbocycles. The van der Waals surface area contributed by atoms with Gasteiger partial charge in [0.15, 0.2) is 5.76 Å². The lowest BCUT2D eigenvalue weighted by atomic mass is 10.4. The van der Waals surface area contributed by atoms with Gasteiger partial charge < -0.3 is 14.5 Å². The van der Waals surface area contributed by atoms with Crippen LogP contribution in [-0.2, 0) is 6.54 Å². The van der Waals surface area contributed by atoms with E-state index in [-0.39, 0.29) is 18.1 Å². The van der Waals surface area contributed by atoms with Crippen LogP contribution in [0.3, 0.4) is 0 Å². The number of nitrogens with zero attached hydrogens (tertiary/aromatic N) is 3. The maximum atomic E-state index is 11.1. The number of rotatable bonds is 4. The molecule has 0 aliphatic heterocycles. The number of hydrogen-bond acceptors (Lipinski definition) is 6. The Balaban J connectivity index is 2.11. The van der Waals surface area contributed by atoms with Crippen LogP contribution in [-0.4, -0.2) is 20.6 Å². The SMILES string of the molecule is NNC(=O)c1ccc(Cn2ccc([N+](=O)[O-])n2)o1. The molecule has 0 saturated heterocycles. The summed E-state index contributed by atoms with van der Waals surface area (Å²) in [5.74, 6) is 4.65. The van der Waals surface area contributed by atoms with Gasteiger partial charge in [-0.15, -0.1) is 0 Å². The number of hydrogen-bond donors (Lipinski definition) is 2. The summed E-state index contributed by atoms with van der Waals surface area (Å²) >= 11 is 0. The van der Waals surface area contributed by atoms with Crippen molar-refractivity contribution < 1.29 is 14.1 Å². The van der Waals surface area contributed by atoms with Crippen LogP contribution in [0.5, 0.6) is 0 Å². The van der Waals surface area contributed by atoms with Crippen LogP contribution in [0.4, 0.5) is 5.82 Å². The number of nitrogens with one attached hydrogen (secondary N) is 1. The van der Waals surface area contributed by atoms with E-state index in [4.69, 9.17) is 10.3 Å². The number of amides is 1. The third-order valence-corrected chi connectivity index (χ3v) is 2.15. The predicted molar refractivity (Wildman–Crippen MR) is 58.3 cm³/mol. The van der Waals surface area contributed by atoms with E-state index < -0.39 is 10.8 Å². The van der Waals surface area contributed by atoms with Crippen molar-refractivity contribution in [2.45, 2.75) is 6.54 Å². The second-order valence-corrected chi connectivity index (χ2v) is 3.37. The third-order valence-electron chi connectivity index (χ3n) is 2.15. The number of nitrogens with two attached hydrogens (primary N) is 1. The Morgan fingerprint density at radius 1 is 1.56 bits per heavy atom. The fraction of sp³-hybridized carbons (Fsp3) is 0.111. The van der Waals surface area contributed by atoms with Crippen molar-refractivity contribution in [2.24, 2.45) is 5.84 Å². The molecule has 94 valence electrons. The molecule has 3 N–H and O–H groups in total. The maximum Gasteiger partial charge on any atom is 0.389 e. The Kier molecular flexibility index (Phi) is 3.06. The highest BCUT2D eigenvalue weighted by Crippen LogP contribution is 2.11. The van der Waals surface area contributed by atoms with Crippen LogP contribution in [0.1, 0.15) is 16.3 Å². The predicted octanol–water partition coefficient (Wildman–Crippen LogP) is 0.0361. The fourth-order valence-corrected chi connectivity index (χ4v) is 1.35. The normalized spacial score (nSPS) is 10.3. The van der Waals surface area contributed by atoms with E-state index in [0.717, 1.165) is 0 Å². The van der Waals surface area contributed by atoms with Gasteiger partial charge in [-0.05, 0) is 17.1 Å². The Morgan fingerprint density at radius 3 is 2.94 bits per heavy atom. The molecule has 9 heteroatoms. The van der Waals surface area contributed by atoms with Gasteiger partial charge in [-0.2, -0.15) is 4.68 Å². The van der Waals surface area contributed by atoms with Crippen LogP contribution in [0.25, 0.3) is 0 Å². The summed E-state index contributed by atoms with van der Waals surface area (Å²) in [5, 5.41) is 14.2. The fourth-order valence-electron chi connectivity index (χ4n) is 1.35. The van der Waals surface area contributed by atoms with Crippen molar-refractivity contribution in [2.75, 3.05) is 0 Å². The number of hydrazine groups is 1. The Hall–Kier alpha value is -2.68. The first-order valence-electron chi connectivity index (χ1n) is 4.87. The lowest BCUT2D eigenvalue weighted by molar-refractivity contribution is -0.389. The summed E-state index contributed by atoms with van der Waals surface area (Å²) < 4.78 is 6.52. The van der Waals surface area contributed by atoms with Crippen molar-refractivity contribution in [3.63, 3.8) is 0 Å². The average Bonchev–Trinajstić information content (AvgIpc) is 2.98. The Labute approximate surface area is 100 Å². The molecular formula is C9H9N5O4. The monoisotopic (exact) mass is 251 g/mol. The minimum absolute atomic E-state index is 0.0640. The number of aromatic nitrogens is 2. The van der Waals surface area contributed by atoms with Gasteiger partial charge in [0.2, 0.25) is 0 Å². The van der Waals surface area contributed by atoms with Gasteiger partial charge in [-0.1, -0.05) is 0 Å². The number of carbonyl (C=O) groups excluding carboxylic acids is 1. The van der Waals surface area contributed by atoms with Gasteiger partial charge in [0.1, 0.15) is 12.3 Å². The van der Waals surface area contributed by atoms with Crippen LogP contribution < -0.4 is 11.3 Å². The van der Waals surface area contributed by atoms with Crippen LogP contribution >= 0.6 is 0 Å². The first-order valence-corrected chi connectivity index (χ1v) is 4.87. The lowest BCUT2D eigenvalue weighted by Gasteiger charge is -1.94. The molecule has 1 amide bonds. The first-order chi connectivity index (χ1) is 8.60. The van der Waals surface area contributed by atoms with E-state index in [1.165, 1.54) is 23.0 Å². The van der Waals surface area contributed by atoms with E-state index in [2.05, 4.69) is 5.10 Å². The quantitative estimate of drug-likeness (QED) is 0.341. The molecule has 0 radical (unpaired) electrons. The molecule has 0 fully saturated rings. The highest BCUT2D eigenvalue weighted by molar-refractivity contribution is 5.90. The highest BCUT2D eigenvalue weighted by atomic mass is 16.6. The number of nitrogen functional groups attached to an aromatic ring is 1. The molecule has 0 aliphatic carbocycles. The molecule has 9 nitrogen and oxygen atoms in total. The molecule has 18 heavy (non-hydrogen) atoms. The largest absolute Gasteiger partial charge is 0.454 e. The van der Waals surface area contributed by atoms with Gasteiger partial charge >= 0.3 is 11.7 Å². The van der Waals surface area contributed by atoms with Crippen LogP contribution in [0, 0.1) is 10.1 Å². The van der Waals surface area contributed by atoms with E-state index in [0.29, 0.717) is 5.76 Å². The maximum absolute atomic E-state index is 11.1. The summed E-state index contributed by atoms with van der Waals surface area (Å²) in [7, 11) is 0. The van der Waals surface area contributed by atoms with Gasteiger partial charge in [-0.25, -0.2) is 5.84 Å². The molecule has 2 rings (SSSR count). The van der Waals surface area contributed by atoms with Crippen molar-refractivity contribution in [1.82, 2.24) is 15.2 Å². The van der Waals surface area contributed by atoms with Gasteiger partial charge in [0, 0.05) is 0 Å². The van der Waals surface area contributed by atoms with E-state index in [1.807, 2.05) is 5.43 Å². The standard InChI is InChI=1S/C9H9N5O4/c10-11-9(15)7-2-1-6(18-7)5-13-4-3-8(12-13)14(16)17/h1-4H,5,10H2,(H,11,15). The summed E-state index contributed by atoms with van der Waals surface area (Å²) in [6.45, 7) is 0.186. The minimum atomic E-state index is -0.591. The average molecular weight is 251 g/mol. The van der Waals surface area contributed by atoms with Crippen LogP contribution in [0.15, 0.2) is 28.8 Å². The first kappa shape index (κ1) is 11.8. The van der Waals surface area contributed by atoms with E-state index in [9.17, 15) is 14.9 Å². The van der Waals surface area contributed by atoms with Crippen molar-refractivity contribution in [1.29, 1.82) is 0 Å². The molecular weight excluding hydrogens is 242 g/mol. The summed E-state index contributed by atoms with van der Waals surface area (Å²) in [6.07, 6.45) is 1.45. The topological polar surface area (TPSA) is 129 Å². The molecule has 2 aromatic rings. The summed E-state index contributed by atoms with van der Waals surface area (Å²) in [6, 6.07) is 4.30. The molecule has 0 atom stereocenters. The van der Waals surface area contributed by atoms with E-state index in [1.54, 1.807) is 6.07 Å². The third kappa shape index (κ3) is 2.35. The number of nitro groups is 1. The lowest BCUT2D eigenvalue weighted by Crippen LogP contribution is -2.29. The summed E-state index contributed by atoms with van der Waals surface area (Å²) in [4.78, 5) is 21.0. The van der Waals surface area contributed by atoms with Crippen molar-refractivity contribution in [3.05, 3.63) is 46.0 Å². The van der Waals surface area contributed by atoms with Gasteiger partial charge in [-0.3, -0.25) is 10.2 Å². The molecule has 0 spiro atoms. The number of furan rings is 1. The minimum Gasteiger partial charge on any atom is -0.454 e. The van der Waals surface area contributed by atoms with Crippen LogP contribution in [0.2, 0.25) is 0 Å². The highest BCUT2D eigenvalue weighted by Gasteiger charge is 2.14. The molecule has 0 aliphatic rings. The zero-order valence-electron chi connectivity index (χ0n) is 9.07.